The summed E-state index contributed by atoms with van der Waals surface area (Å²) in [5.74, 6) is 1.81. The van der Waals surface area contributed by atoms with Crippen molar-refractivity contribution < 1.29 is 19.0 Å². The number of amides is 1. The van der Waals surface area contributed by atoms with Crippen LogP contribution in [0, 0.1) is 6.92 Å². The second-order valence-electron chi connectivity index (χ2n) is 8.73. The Morgan fingerprint density at radius 2 is 1.75 bits per heavy atom. The van der Waals surface area contributed by atoms with Crippen LogP contribution < -0.4 is 24.8 Å². The van der Waals surface area contributed by atoms with Gasteiger partial charge in [0.25, 0.3) is 11.9 Å². The van der Waals surface area contributed by atoms with Crippen LogP contribution in [0.2, 0.25) is 0 Å². The van der Waals surface area contributed by atoms with E-state index in [2.05, 4.69) is 15.0 Å². The molecule has 0 saturated carbocycles. The minimum Gasteiger partial charge on any atom is -0.493 e. The van der Waals surface area contributed by atoms with E-state index in [1.54, 1.807) is 32.4 Å². The molecule has 0 fully saturated rings. The molecule has 0 aliphatic carbocycles. The molecule has 188 valence electrons. The summed E-state index contributed by atoms with van der Waals surface area (Å²) in [5, 5.41) is 0. The van der Waals surface area contributed by atoms with E-state index in [1.165, 1.54) is 0 Å². The highest BCUT2D eigenvalue weighted by molar-refractivity contribution is 6.54. The van der Waals surface area contributed by atoms with Gasteiger partial charge in [-0.15, -0.1) is 0 Å². The van der Waals surface area contributed by atoms with Gasteiger partial charge in [0, 0.05) is 23.7 Å². The summed E-state index contributed by atoms with van der Waals surface area (Å²) in [4.78, 5) is 30.1. The summed E-state index contributed by atoms with van der Waals surface area (Å²) in [5.41, 5.74) is 10.8. The minimum atomic E-state index is -0.201. The fourth-order valence-corrected chi connectivity index (χ4v) is 4.12. The number of carbonyl (C=O) groups is 1. The first-order valence-electron chi connectivity index (χ1n) is 11.3. The molecule has 2 aromatic carbocycles. The second kappa shape index (κ2) is 10.2. The van der Waals surface area contributed by atoms with Gasteiger partial charge >= 0.3 is 0 Å². The van der Waals surface area contributed by atoms with Crippen molar-refractivity contribution >= 4 is 29.1 Å². The molecule has 10 nitrogen and oxygen atoms in total. The monoisotopic (exact) mass is 490 g/mol. The van der Waals surface area contributed by atoms with Gasteiger partial charge in [-0.1, -0.05) is 11.6 Å². The summed E-state index contributed by atoms with van der Waals surface area (Å²) in [7, 11) is 8.51. The Morgan fingerprint density at radius 1 is 1.06 bits per heavy atom. The van der Waals surface area contributed by atoms with Gasteiger partial charge in [-0.25, -0.2) is 9.98 Å². The Morgan fingerprint density at radius 3 is 2.33 bits per heavy atom. The van der Waals surface area contributed by atoms with Crippen molar-refractivity contribution in [2.24, 2.45) is 4.99 Å². The number of methoxy groups -OCH3 is 3. The molecular formula is C26H30N6O4. The first-order valence-corrected chi connectivity index (χ1v) is 11.3. The first-order chi connectivity index (χ1) is 17.2. The maximum atomic E-state index is 13.2. The van der Waals surface area contributed by atoms with Crippen LogP contribution >= 0.6 is 0 Å². The Labute approximate surface area is 210 Å². The van der Waals surface area contributed by atoms with E-state index in [0.29, 0.717) is 41.6 Å². The van der Waals surface area contributed by atoms with Gasteiger partial charge in [0.1, 0.15) is 11.5 Å². The van der Waals surface area contributed by atoms with Gasteiger partial charge in [0.15, 0.2) is 11.5 Å². The van der Waals surface area contributed by atoms with Crippen molar-refractivity contribution in [2.45, 2.75) is 13.3 Å². The highest BCUT2D eigenvalue weighted by atomic mass is 16.5. The number of benzene rings is 2. The summed E-state index contributed by atoms with van der Waals surface area (Å²) in [6.07, 6.45) is 2.07. The first kappa shape index (κ1) is 24.9. The van der Waals surface area contributed by atoms with E-state index >= 15 is 0 Å². The average Bonchev–Trinajstić information content (AvgIpc) is 3.09. The summed E-state index contributed by atoms with van der Waals surface area (Å²) < 4.78 is 16.3. The third kappa shape index (κ3) is 4.80. The van der Waals surface area contributed by atoms with Crippen molar-refractivity contribution in [1.29, 1.82) is 0 Å². The van der Waals surface area contributed by atoms with E-state index in [-0.39, 0.29) is 17.7 Å². The molecule has 4 rings (SSSR count). The molecule has 0 saturated heterocycles. The molecule has 2 heterocycles. The SMILES string of the molecule is COc1cc(Cc2cnc(/N=C3/C(=O)N(CN(C)C)c4ccc(C)cc43)nc2N)cc(OC)c1OC. The smallest absolute Gasteiger partial charge is 0.278 e. The average molecular weight is 491 g/mol. The Balaban J connectivity index is 1.66. The molecule has 0 radical (unpaired) electrons. The van der Waals surface area contributed by atoms with Crippen LogP contribution in [0.3, 0.4) is 0 Å². The molecule has 0 unspecified atom stereocenters. The van der Waals surface area contributed by atoms with Gasteiger partial charge in [0.05, 0.1) is 33.7 Å². The lowest BCUT2D eigenvalue weighted by atomic mass is 10.1. The number of aryl methyl sites for hydroxylation is 1. The lowest BCUT2D eigenvalue weighted by molar-refractivity contribution is -0.112. The van der Waals surface area contributed by atoms with Gasteiger partial charge in [-0.05, 0) is 50.8 Å². The van der Waals surface area contributed by atoms with Crippen molar-refractivity contribution in [2.75, 3.05) is 52.7 Å². The lowest BCUT2D eigenvalue weighted by Gasteiger charge is -2.21. The van der Waals surface area contributed by atoms with Crippen molar-refractivity contribution in [1.82, 2.24) is 14.9 Å². The number of hydrogen-bond acceptors (Lipinski definition) is 9. The van der Waals surface area contributed by atoms with Crippen LogP contribution in [0.1, 0.15) is 22.3 Å². The van der Waals surface area contributed by atoms with Gasteiger partial charge in [-0.3, -0.25) is 14.6 Å². The fraction of sp³-hybridized carbons (Fsp3) is 0.308. The zero-order valence-corrected chi connectivity index (χ0v) is 21.3. The molecule has 0 atom stereocenters. The van der Waals surface area contributed by atoms with Gasteiger partial charge in [0.2, 0.25) is 5.75 Å². The highest BCUT2D eigenvalue weighted by Gasteiger charge is 2.34. The minimum absolute atomic E-state index is 0.128. The lowest BCUT2D eigenvalue weighted by Crippen LogP contribution is -2.37. The zero-order valence-electron chi connectivity index (χ0n) is 21.3. The molecule has 0 spiro atoms. The third-order valence-corrected chi connectivity index (χ3v) is 5.79. The number of ether oxygens (including phenoxy) is 3. The van der Waals surface area contributed by atoms with Crippen molar-refractivity contribution in [3.63, 3.8) is 0 Å². The number of nitrogens with zero attached hydrogens (tertiary/aromatic N) is 5. The zero-order chi connectivity index (χ0) is 26.0. The number of nitrogen functional groups attached to an aromatic ring is 1. The predicted molar refractivity (Wildman–Crippen MR) is 139 cm³/mol. The van der Waals surface area contributed by atoms with E-state index < -0.39 is 0 Å². The number of rotatable bonds is 8. The van der Waals surface area contributed by atoms with Crippen molar-refractivity contribution in [3.05, 3.63) is 58.8 Å². The molecule has 1 aliphatic heterocycles. The Kier molecular flexibility index (Phi) is 7.07. The molecule has 1 amide bonds. The summed E-state index contributed by atoms with van der Waals surface area (Å²) in [6, 6.07) is 9.56. The van der Waals surface area contributed by atoms with Crippen LogP contribution in [0.25, 0.3) is 0 Å². The number of fused-ring (bicyclic) bond motifs is 1. The maximum Gasteiger partial charge on any atom is 0.278 e. The quantitative estimate of drug-likeness (QED) is 0.512. The number of nitrogens with two attached hydrogens (primary N) is 1. The molecule has 36 heavy (non-hydrogen) atoms. The Bertz CT molecular complexity index is 1310. The van der Waals surface area contributed by atoms with Gasteiger partial charge < -0.3 is 19.9 Å². The predicted octanol–water partition coefficient (Wildman–Crippen LogP) is 2.97. The van der Waals surface area contributed by atoms with Crippen LogP contribution in [-0.4, -0.2) is 68.6 Å². The highest BCUT2D eigenvalue weighted by Crippen LogP contribution is 2.39. The second-order valence-corrected chi connectivity index (χ2v) is 8.73. The molecule has 0 bridgehead atoms. The summed E-state index contributed by atoms with van der Waals surface area (Å²) in [6.45, 7) is 2.41. The van der Waals surface area contributed by atoms with E-state index in [9.17, 15) is 4.79 Å². The van der Waals surface area contributed by atoms with Crippen LogP contribution in [-0.2, 0) is 11.2 Å². The maximum absolute atomic E-state index is 13.2. The van der Waals surface area contributed by atoms with Gasteiger partial charge in [-0.2, -0.15) is 4.98 Å². The molecule has 10 heteroatoms. The third-order valence-electron chi connectivity index (χ3n) is 5.79. The largest absolute Gasteiger partial charge is 0.493 e. The number of aliphatic imine (C=N–C) groups is 1. The normalized spacial score (nSPS) is 13.9. The molecule has 1 aromatic heterocycles. The van der Waals surface area contributed by atoms with Crippen molar-refractivity contribution in [3.8, 4) is 17.2 Å². The molecular weight excluding hydrogens is 460 g/mol. The topological polar surface area (TPSA) is 115 Å². The number of anilines is 2. The molecule has 3 aromatic rings. The molecule has 2 N–H and O–H groups in total. The van der Waals surface area contributed by atoms with Crippen LogP contribution in [0.15, 0.2) is 41.5 Å². The van der Waals surface area contributed by atoms with Crippen LogP contribution in [0.5, 0.6) is 17.2 Å². The fourth-order valence-electron chi connectivity index (χ4n) is 4.12. The number of aromatic nitrogens is 2. The van der Waals surface area contributed by atoms with Crippen LogP contribution in [0.4, 0.5) is 17.5 Å². The number of carbonyl (C=O) groups excluding carboxylic acids is 1. The standard InChI is InChI=1S/C26H30N6O4/c1-15-7-8-19-18(9-15)22(25(33)32(19)14-31(2)3)29-26-28-13-17(24(27)30-26)10-16-11-20(34-4)23(36-6)21(12-16)35-5/h7-9,11-13H,10,14H2,1-6H3,(H2,27,28,30)/b29-22+. The van der Waals surface area contributed by atoms with E-state index in [0.717, 1.165) is 22.4 Å². The molecule has 1 aliphatic rings. The number of hydrogen-bond donors (Lipinski definition) is 1. The van der Waals surface area contributed by atoms with E-state index in [1.807, 2.05) is 56.3 Å². The Hall–Kier alpha value is -4.18. The van der Waals surface area contributed by atoms with E-state index in [4.69, 9.17) is 19.9 Å². The summed E-state index contributed by atoms with van der Waals surface area (Å²) >= 11 is 0.